The summed E-state index contributed by atoms with van der Waals surface area (Å²) in [4.78, 5) is 34.7. The van der Waals surface area contributed by atoms with Gasteiger partial charge in [-0.1, -0.05) is 0 Å². The molecule has 0 aromatic carbocycles. The first kappa shape index (κ1) is 23.7. The maximum Gasteiger partial charge on any atom is 0.229 e. The van der Waals surface area contributed by atoms with Crippen molar-refractivity contribution in [3.63, 3.8) is 0 Å². The SMILES string of the molecule is C[C@H]1COCCN1c1nc(OC2CC(N(C)C(=O)C3CCNCC3)C2)cc(-c2cnc(N)nc2)n1. The Kier molecular flexibility index (Phi) is 6.96. The summed E-state index contributed by atoms with van der Waals surface area (Å²) in [5, 5.41) is 3.32. The number of nitrogens with zero attached hydrogens (tertiary/aromatic N) is 6. The number of anilines is 2. The third-order valence-corrected chi connectivity index (χ3v) is 7.22. The van der Waals surface area contributed by atoms with Crippen molar-refractivity contribution < 1.29 is 14.3 Å². The summed E-state index contributed by atoms with van der Waals surface area (Å²) >= 11 is 0. The molecule has 5 rings (SSSR count). The lowest BCUT2D eigenvalue weighted by atomic mass is 9.86. The molecule has 2 aromatic rings. The number of hydrogen-bond acceptors (Lipinski definition) is 10. The lowest BCUT2D eigenvalue weighted by molar-refractivity contribution is -0.140. The zero-order valence-corrected chi connectivity index (χ0v) is 20.4. The highest BCUT2D eigenvalue weighted by atomic mass is 16.5. The highest BCUT2D eigenvalue weighted by Gasteiger charge is 2.38. The number of piperidine rings is 1. The summed E-state index contributed by atoms with van der Waals surface area (Å²) in [7, 11) is 1.92. The second kappa shape index (κ2) is 10.3. The zero-order chi connectivity index (χ0) is 24.4. The monoisotopic (exact) mass is 482 g/mol. The number of ether oxygens (including phenoxy) is 2. The molecule has 11 heteroatoms. The Morgan fingerprint density at radius 1 is 1.23 bits per heavy atom. The minimum Gasteiger partial charge on any atom is -0.474 e. The van der Waals surface area contributed by atoms with Crippen LogP contribution in [-0.2, 0) is 9.53 Å². The van der Waals surface area contributed by atoms with Crippen molar-refractivity contribution >= 4 is 17.8 Å². The quantitative estimate of drug-likeness (QED) is 0.617. The maximum atomic E-state index is 12.9. The van der Waals surface area contributed by atoms with E-state index in [4.69, 9.17) is 25.2 Å². The molecule has 0 unspecified atom stereocenters. The van der Waals surface area contributed by atoms with Gasteiger partial charge in [0.05, 0.1) is 24.9 Å². The second-order valence-corrected chi connectivity index (χ2v) is 9.68. The Hall–Kier alpha value is -3.05. The Morgan fingerprint density at radius 3 is 2.69 bits per heavy atom. The van der Waals surface area contributed by atoms with E-state index in [2.05, 4.69) is 27.1 Å². The molecule has 3 fully saturated rings. The van der Waals surface area contributed by atoms with Crippen LogP contribution in [0.4, 0.5) is 11.9 Å². The largest absolute Gasteiger partial charge is 0.474 e. The average Bonchev–Trinajstić information content (AvgIpc) is 2.86. The molecule has 2 aliphatic heterocycles. The fourth-order valence-electron chi connectivity index (χ4n) is 4.90. The molecule has 1 aliphatic carbocycles. The molecule has 3 N–H and O–H groups in total. The van der Waals surface area contributed by atoms with Gasteiger partial charge in [0, 0.05) is 62.4 Å². The third kappa shape index (κ3) is 5.30. The van der Waals surface area contributed by atoms with E-state index >= 15 is 0 Å². The van der Waals surface area contributed by atoms with Crippen molar-refractivity contribution in [2.45, 2.75) is 50.8 Å². The van der Waals surface area contributed by atoms with Crippen molar-refractivity contribution in [1.29, 1.82) is 0 Å². The Morgan fingerprint density at radius 2 is 1.97 bits per heavy atom. The second-order valence-electron chi connectivity index (χ2n) is 9.68. The van der Waals surface area contributed by atoms with Gasteiger partial charge in [-0.15, -0.1) is 0 Å². The molecule has 188 valence electrons. The molecule has 4 heterocycles. The zero-order valence-electron chi connectivity index (χ0n) is 20.4. The molecule has 35 heavy (non-hydrogen) atoms. The van der Waals surface area contributed by atoms with Crippen molar-refractivity contribution in [2.24, 2.45) is 5.92 Å². The van der Waals surface area contributed by atoms with Crippen molar-refractivity contribution in [2.75, 3.05) is 50.5 Å². The number of hydrogen-bond donors (Lipinski definition) is 2. The average molecular weight is 483 g/mol. The van der Waals surface area contributed by atoms with Crippen molar-refractivity contribution in [1.82, 2.24) is 30.2 Å². The van der Waals surface area contributed by atoms with Gasteiger partial charge in [0.15, 0.2) is 0 Å². The van der Waals surface area contributed by atoms with E-state index in [1.807, 2.05) is 18.0 Å². The van der Waals surface area contributed by atoms with Crippen LogP contribution >= 0.6 is 0 Å². The van der Waals surface area contributed by atoms with Gasteiger partial charge in [0.1, 0.15) is 6.10 Å². The number of aromatic nitrogens is 4. The summed E-state index contributed by atoms with van der Waals surface area (Å²) in [6.07, 6.45) is 6.72. The van der Waals surface area contributed by atoms with Crippen LogP contribution in [0.2, 0.25) is 0 Å². The molecule has 1 atom stereocenters. The summed E-state index contributed by atoms with van der Waals surface area (Å²) < 4.78 is 11.9. The number of nitrogen functional groups attached to an aromatic ring is 1. The lowest BCUT2D eigenvalue weighted by Crippen LogP contribution is -2.52. The van der Waals surface area contributed by atoms with E-state index in [0.29, 0.717) is 37.3 Å². The van der Waals surface area contributed by atoms with Crippen LogP contribution in [0.5, 0.6) is 5.88 Å². The van der Waals surface area contributed by atoms with Gasteiger partial charge in [-0.2, -0.15) is 4.98 Å². The number of carbonyl (C=O) groups excluding carboxylic acids is 1. The summed E-state index contributed by atoms with van der Waals surface area (Å²) in [6, 6.07) is 2.17. The first-order valence-electron chi connectivity index (χ1n) is 12.4. The number of nitrogens with one attached hydrogen (secondary N) is 1. The third-order valence-electron chi connectivity index (χ3n) is 7.22. The first-order chi connectivity index (χ1) is 17.0. The van der Waals surface area contributed by atoms with Gasteiger partial charge in [-0.25, -0.2) is 15.0 Å². The lowest BCUT2D eigenvalue weighted by Gasteiger charge is -2.42. The van der Waals surface area contributed by atoms with Gasteiger partial charge in [0.2, 0.25) is 23.7 Å². The van der Waals surface area contributed by atoms with E-state index < -0.39 is 0 Å². The van der Waals surface area contributed by atoms with E-state index in [1.54, 1.807) is 12.4 Å². The molecule has 2 aromatic heterocycles. The molecule has 3 aliphatic rings. The van der Waals surface area contributed by atoms with Crippen LogP contribution in [0, 0.1) is 5.92 Å². The minimum absolute atomic E-state index is 0.00338. The minimum atomic E-state index is 0.00338. The molecular formula is C24H34N8O3. The molecule has 0 radical (unpaired) electrons. The summed E-state index contributed by atoms with van der Waals surface area (Å²) in [5.74, 6) is 1.71. The molecule has 1 saturated carbocycles. The van der Waals surface area contributed by atoms with Gasteiger partial charge >= 0.3 is 0 Å². The Bertz CT molecular complexity index is 1020. The highest BCUT2D eigenvalue weighted by molar-refractivity contribution is 5.79. The fraction of sp³-hybridized carbons (Fsp3) is 0.625. The number of carbonyl (C=O) groups is 1. The van der Waals surface area contributed by atoms with Crippen molar-refractivity contribution in [3.05, 3.63) is 18.5 Å². The summed E-state index contributed by atoms with van der Waals surface area (Å²) in [6.45, 7) is 5.88. The van der Waals surface area contributed by atoms with Crippen LogP contribution in [0.15, 0.2) is 18.5 Å². The van der Waals surface area contributed by atoms with Gasteiger partial charge in [0.25, 0.3) is 0 Å². The van der Waals surface area contributed by atoms with E-state index in [1.165, 1.54) is 0 Å². The van der Waals surface area contributed by atoms with Gasteiger partial charge < -0.3 is 30.3 Å². The first-order valence-corrected chi connectivity index (χ1v) is 12.4. The standard InChI is InChI=1S/C24H34N8O3/c1-15-14-34-8-7-32(15)24-29-20(17-12-27-23(25)28-13-17)11-21(30-24)35-19-9-18(10-19)31(2)22(33)16-3-5-26-6-4-16/h11-13,15-16,18-19,26H,3-10,14H2,1-2H3,(H2,25,27,28)/t15-,18?,19?/m0/s1. The number of rotatable bonds is 6. The predicted octanol–water partition coefficient (Wildman–Crippen LogP) is 1.11. The van der Waals surface area contributed by atoms with Crippen LogP contribution < -0.4 is 20.7 Å². The normalized spacial score (nSPS) is 25.1. The van der Waals surface area contributed by atoms with E-state index in [-0.39, 0.29) is 36.0 Å². The van der Waals surface area contributed by atoms with E-state index in [9.17, 15) is 4.79 Å². The topological polar surface area (TPSA) is 132 Å². The predicted molar refractivity (Wildman–Crippen MR) is 131 cm³/mol. The van der Waals surface area contributed by atoms with Gasteiger partial charge in [-0.3, -0.25) is 4.79 Å². The van der Waals surface area contributed by atoms with Crippen LogP contribution in [-0.4, -0.2) is 88.8 Å². The molecule has 2 saturated heterocycles. The van der Waals surface area contributed by atoms with Gasteiger partial charge in [-0.05, 0) is 32.9 Å². The highest BCUT2D eigenvalue weighted by Crippen LogP contribution is 2.32. The fourth-order valence-corrected chi connectivity index (χ4v) is 4.90. The summed E-state index contributed by atoms with van der Waals surface area (Å²) in [5.41, 5.74) is 7.09. The molecule has 0 spiro atoms. The van der Waals surface area contributed by atoms with Crippen LogP contribution in [0.3, 0.4) is 0 Å². The Balaban J connectivity index is 1.29. The molecule has 0 bridgehead atoms. The molecule has 1 amide bonds. The van der Waals surface area contributed by atoms with Crippen LogP contribution in [0.25, 0.3) is 11.3 Å². The number of nitrogens with two attached hydrogens (primary N) is 1. The molecular weight excluding hydrogens is 448 g/mol. The number of amides is 1. The number of morpholine rings is 1. The smallest absolute Gasteiger partial charge is 0.229 e. The molecule has 11 nitrogen and oxygen atoms in total. The maximum absolute atomic E-state index is 12.9. The van der Waals surface area contributed by atoms with Crippen LogP contribution in [0.1, 0.15) is 32.6 Å². The Labute approximate surface area is 205 Å². The van der Waals surface area contributed by atoms with Crippen molar-refractivity contribution in [3.8, 4) is 17.1 Å². The van der Waals surface area contributed by atoms with E-state index in [0.717, 1.165) is 44.3 Å².